The Balaban J connectivity index is 1.54. The molecule has 3 aliphatic rings. The van der Waals surface area contributed by atoms with Crippen LogP contribution in [0.3, 0.4) is 0 Å². The van der Waals surface area contributed by atoms with Gasteiger partial charge in [0.1, 0.15) is 17.1 Å². The van der Waals surface area contributed by atoms with Crippen LogP contribution in [-0.2, 0) is 35.2 Å². The number of hydrogen-bond acceptors (Lipinski definition) is 8. The minimum Gasteiger partial charge on any atom is -0.378 e. The van der Waals surface area contributed by atoms with E-state index in [2.05, 4.69) is 21.3 Å². The minimum absolute atomic E-state index is 0.00830. The molecule has 0 unspecified atom stereocenters. The maximum Gasteiger partial charge on any atom is 0.243 e. The number of carbonyl (C=O) groups excluding carboxylic acids is 6. The zero-order valence-electron chi connectivity index (χ0n) is 25.7. The molecule has 1 aliphatic carbocycles. The van der Waals surface area contributed by atoms with Gasteiger partial charge in [-0.3, -0.25) is 28.8 Å². The average Bonchev–Trinajstić information content (AvgIpc) is 3.67. The lowest BCUT2D eigenvalue weighted by Gasteiger charge is -2.34. The van der Waals surface area contributed by atoms with Crippen LogP contribution < -0.4 is 27.0 Å². The van der Waals surface area contributed by atoms with E-state index in [1.54, 1.807) is 0 Å². The molecule has 0 aromatic heterocycles. The van der Waals surface area contributed by atoms with Crippen molar-refractivity contribution >= 4 is 35.1 Å². The Morgan fingerprint density at radius 3 is 2.30 bits per heavy atom. The van der Waals surface area contributed by atoms with Gasteiger partial charge in [-0.05, 0) is 36.7 Å². The summed E-state index contributed by atoms with van der Waals surface area (Å²) in [7, 11) is 0. The van der Waals surface area contributed by atoms with Gasteiger partial charge in [-0.25, -0.2) is 0 Å². The maximum atomic E-state index is 14.4. The molecule has 3 amide bonds. The first-order valence-electron chi connectivity index (χ1n) is 15.3. The van der Waals surface area contributed by atoms with Crippen LogP contribution in [0.2, 0.25) is 0 Å². The Morgan fingerprint density at radius 1 is 1.00 bits per heavy atom. The van der Waals surface area contributed by atoms with Crippen molar-refractivity contribution in [3.05, 3.63) is 59.4 Å². The van der Waals surface area contributed by atoms with Gasteiger partial charge in [-0.15, -0.1) is 0 Å². The monoisotopic (exact) mass is 605 g/mol. The molecule has 4 rings (SSSR count). The van der Waals surface area contributed by atoms with Crippen molar-refractivity contribution < 1.29 is 28.8 Å². The van der Waals surface area contributed by atoms with E-state index in [-0.39, 0.29) is 60.5 Å². The van der Waals surface area contributed by atoms with Gasteiger partial charge < -0.3 is 27.0 Å². The van der Waals surface area contributed by atoms with Crippen molar-refractivity contribution in [3.8, 4) is 0 Å². The molecule has 0 bridgehead atoms. The normalized spacial score (nSPS) is 23.9. The predicted molar refractivity (Wildman–Crippen MR) is 164 cm³/mol. The Bertz CT molecular complexity index is 1380. The smallest absolute Gasteiger partial charge is 0.243 e. The highest BCUT2D eigenvalue weighted by molar-refractivity contribution is 6.19. The Kier molecular flexibility index (Phi) is 10.1. The second-order valence-electron chi connectivity index (χ2n) is 12.7. The van der Waals surface area contributed by atoms with Crippen molar-refractivity contribution in [1.82, 2.24) is 21.3 Å². The summed E-state index contributed by atoms with van der Waals surface area (Å²) in [6.07, 6.45) is 6.53. The van der Waals surface area contributed by atoms with E-state index in [9.17, 15) is 28.8 Å². The van der Waals surface area contributed by atoms with Crippen molar-refractivity contribution in [2.45, 2.75) is 89.3 Å². The number of hydrogen-bond donors (Lipinski definition) is 5. The largest absolute Gasteiger partial charge is 0.378 e. The van der Waals surface area contributed by atoms with Crippen molar-refractivity contribution in [3.63, 3.8) is 0 Å². The second kappa shape index (κ2) is 13.6. The number of rotatable bonds is 14. The summed E-state index contributed by atoms with van der Waals surface area (Å²) >= 11 is 0. The fourth-order valence-corrected chi connectivity index (χ4v) is 6.83. The third kappa shape index (κ3) is 7.09. The summed E-state index contributed by atoms with van der Waals surface area (Å²) in [6.45, 7) is 4.93. The summed E-state index contributed by atoms with van der Waals surface area (Å²) in [6, 6.07) is 8.51. The standard InChI is InChI=1S/C33H43N5O6/c1-20(2)14-32(16-25(40)18-35-31(44)28(38-21(3)39)23-11-7-8-12-23)30(43)26(19-36-32)33(15-22-9-5-4-6-10-22)29(42)24(17-37-33)13-27(34)41/h4-6,9-10,17,19-20,23,28,36-37H,7-8,11-16,18H2,1-3H3,(H2,34,41)(H,35,44)(H,38,39)/t28-,32-,33-/m0/s1. The SMILES string of the molecule is CC(=O)N[C@H](C(=O)NCC(=O)C[C@]1(CC(C)C)NC=C([C@]2(Cc3ccccc3)NC=C(CC(N)=O)C2=O)C1=O)C1CCCC1. The first kappa shape index (κ1) is 32.6. The summed E-state index contributed by atoms with van der Waals surface area (Å²) in [5.74, 6) is -2.55. The van der Waals surface area contributed by atoms with Crippen LogP contribution in [0.1, 0.15) is 71.3 Å². The van der Waals surface area contributed by atoms with Crippen molar-refractivity contribution in [2.75, 3.05) is 6.54 Å². The molecule has 0 saturated heterocycles. The topological polar surface area (TPSA) is 177 Å². The summed E-state index contributed by atoms with van der Waals surface area (Å²) in [4.78, 5) is 78.2. The van der Waals surface area contributed by atoms with Crippen LogP contribution in [0.15, 0.2) is 53.9 Å². The second-order valence-corrected chi connectivity index (χ2v) is 12.7. The van der Waals surface area contributed by atoms with Crippen molar-refractivity contribution in [1.29, 1.82) is 0 Å². The number of amides is 3. The quantitative estimate of drug-likeness (QED) is 0.212. The summed E-state index contributed by atoms with van der Waals surface area (Å²) < 4.78 is 0. The summed E-state index contributed by atoms with van der Waals surface area (Å²) in [5, 5.41) is 11.7. The molecule has 6 N–H and O–H groups in total. The van der Waals surface area contributed by atoms with Crippen LogP contribution in [0.4, 0.5) is 0 Å². The number of nitrogens with two attached hydrogens (primary N) is 1. The van der Waals surface area contributed by atoms with E-state index in [0.717, 1.165) is 31.2 Å². The van der Waals surface area contributed by atoms with Crippen LogP contribution in [0.5, 0.6) is 0 Å². The third-order valence-corrected chi connectivity index (χ3v) is 8.71. The molecule has 2 aliphatic heterocycles. The van der Waals surface area contributed by atoms with E-state index in [1.165, 1.54) is 19.3 Å². The number of benzene rings is 1. The highest BCUT2D eigenvalue weighted by atomic mass is 16.2. The fraction of sp³-hybridized carbons (Fsp3) is 0.515. The molecule has 11 nitrogen and oxygen atoms in total. The van der Waals surface area contributed by atoms with Gasteiger partial charge in [-0.1, -0.05) is 57.0 Å². The molecule has 44 heavy (non-hydrogen) atoms. The Hall–Kier alpha value is -4.28. The van der Waals surface area contributed by atoms with Gasteiger partial charge in [-0.2, -0.15) is 0 Å². The van der Waals surface area contributed by atoms with Gasteiger partial charge in [0.15, 0.2) is 17.3 Å². The molecule has 1 fully saturated rings. The minimum atomic E-state index is -1.49. The highest BCUT2D eigenvalue weighted by Crippen LogP contribution is 2.39. The third-order valence-electron chi connectivity index (χ3n) is 8.71. The number of nitrogens with one attached hydrogen (secondary N) is 4. The van der Waals surface area contributed by atoms with Gasteiger partial charge >= 0.3 is 0 Å². The van der Waals surface area contributed by atoms with Crippen LogP contribution >= 0.6 is 0 Å². The molecular formula is C33H43N5O6. The van der Waals surface area contributed by atoms with E-state index in [1.807, 2.05) is 44.2 Å². The van der Waals surface area contributed by atoms with E-state index in [0.29, 0.717) is 6.42 Å². The van der Waals surface area contributed by atoms with Gasteiger partial charge in [0.25, 0.3) is 0 Å². The predicted octanol–water partition coefficient (Wildman–Crippen LogP) is 1.51. The van der Waals surface area contributed by atoms with Crippen LogP contribution in [0, 0.1) is 11.8 Å². The van der Waals surface area contributed by atoms with E-state index in [4.69, 9.17) is 5.73 Å². The Morgan fingerprint density at radius 2 is 1.68 bits per heavy atom. The lowest BCUT2D eigenvalue weighted by Crippen LogP contribution is -2.56. The van der Waals surface area contributed by atoms with Crippen LogP contribution in [0.25, 0.3) is 0 Å². The molecule has 3 atom stereocenters. The number of carbonyl (C=O) groups is 6. The molecule has 0 radical (unpaired) electrons. The van der Waals surface area contributed by atoms with Gasteiger partial charge in [0.05, 0.1) is 13.0 Å². The molecule has 1 aromatic rings. The van der Waals surface area contributed by atoms with Gasteiger partial charge in [0.2, 0.25) is 17.7 Å². The zero-order chi connectivity index (χ0) is 32.1. The van der Waals surface area contributed by atoms with Gasteiger partial charge in [0, 0.05) is 43.3 Å². The fourth-order valence-electron chi connectivity index (χ4n) is 6.83. The molecule has 11 heteroatoms. The first-order chi connectivity index (χ1) is 20.9. The van der Waals surface area contributed by atoms with Crippen LogP contribution in [-0.4, -0.2) is 58.7 Å². The average molecular weight is 606 g/mol. The maximum absolute atomic E-state index is 14.4. The lowest BCUT2D eigenvalue weighted by atomic mass is 9.73. The number of Topliss-reactive ketones (excluding diaryl/α,β-unsaturated/α-hetero) is 3. The van der Waals surface area contributed by atoms with Crippen molar-refractivity contribution in [2.24, 2.45) is 17.6 Å². The summed E-state index contributed by atoms with van der Waals surface area (Å²) in [5.41, 5.74) is 3.73. The molecular weight excluding hydrogens is 562 g/mol. The highest BCUT2D eigenvalue weighted by Gasteiger charge is 2.56. The first-order valence-corrected chi connectivity index (χ1v) is 15.3. The zero-order valence-corrected chi connectivity index (χ0v) is 25.7. The molecule has 1 saturated carbocycles. The molecule has 1 aromatic carbocycles. The number of ketones is 3. The molecule has 2 heterocycles. The lowest BCUT2D eigenvalue weighted by molar-refractivity contribution is -0.131. The molecule has 0 spiro atoms. The Labute approximate surface area is 257 Å². The molecule has 236 valence electrons. The number of primary amides is 1. The van der Waals surface area contributed by atoms with E-state index >= 15 is 0 Å². The van der Waals surface area contributed by atoms with E-state index < -0.39 is 40.5 Å².